The smallest absolute Gasteiger partial charge is 0.220 e. The van der Waals surface area contributed by atoms with Gasteiger partial charge < -0.3 is 15.0 Å². The van der Waals surface area contributed by atoms with Crippen molar-refractivity contribution in [3.05, 3.63) is 59.9 Å². The molecule has 1 fully saturated rings. The van der Waals surface area contributed by atoms with Crippen molar-refractivity contribution in [2.24, 2.45) is 0 Å². The second-order valence-electron chi connectivity index (χ2n) is 7.09. The number of anilines is 1. The van der Waals surface area contributed by atoms with Crippen LogP contribution < -0.4 is 15.0 Å². The van der Waals surface area contributed by atoms with Gasteiger partial charge in [0.15, 0.2) is 0 Å². The summed E-state index contributed by atoms with van der Waals surface area (Å²) >= 11 is 0. The summed E-state index contributed by atoms with van der Waals surface area (Å²) in [6.45, 7) is 2.59. The molecule has 1 unspecified atom stereocenters. The van der Waals surface area contributed by atoms with E-state index in [4.69, 9.17) is 4.74 Å². The second kappa shape index (κ2) is 8.89. The quantitative estimate of drug-likeness (QED) is 0.716. The standard InChI is InChI=1S/C22H27FN2O2/c1-16(25(20-12-13-20)19-10-8-18(23)9-11-19)7-14-22(26)24-15-17-5-3-4-6-21(17)27-2/h3-6,8-11,16,20H,7,12-15H2,1-2H3,(H,24,26). The molecule has 1 aliphatic carbocycles. The van der Waals surface area contributed by atoms with Crippen LogP contribution in [0.15, 0.2) is 48.5 Å². The van der Waals surface area contributed by atoms with Crippen LogP contribution in [-0.2, 0) is 11.3 Å². The first-order valence-corrected chi connectivity index (χ1v) is 9.51. The van der Waals surface area contributed by atoms with Gasteiger partial charge in [0.25, 0.3) is 0 Å². The first-order chi connectivity index (χ1) is 13.1. The molecule has 3 rings (SSSR count). The molecule has 0 spiro atoms. The molecule has 0 heterocycles. The highest BCUT2D eigenvalue weighted by molar-refractivity contribution is 5.76. The number of amides is 1. The highest BCUT2D eigenvalue weighted by atomic mass is 19.1. The van der Waals surface area contributed by atoms with Crippen molar-refractivity contribution in [1.82, 2.24) is 5.32 Å². The van der Waals surface area contributed by atoms with Crippen LogP contribution in [-0.4, -0.2) is 25.1 Å². The molecule has 0 bridgehead atoms. The molecule has 2 aromatic carbocycles. The third-order valence-corrected chi connectivity index (χ3v) is 5.00. The van der Waals surface area contributed by atoms with Gasteiger partial charge in [-0.1, -0.05) is 18.2 Å². The van der Waals surface area contributed by atoms with E-state index in [1.165, 1.54) is 12.1 Å². The van der Waals surface area contributed by atoms with Crippen LogP contribution in [0.3, 0.4) is 0 Å². The van der Waals surface area contributed by atoms with Crippen LogP contribution in [0.2, 0.25) is 0 Å². The Hall–Kier alpha value is -2.56. The molecule has 27 heavy (non-hydrogen) atoms. The zero-order valence-electron chi connectivity index (χ0n) is 16.0. The van der Waals surface area contributed by atoms with E-state index in [-0.39, 0.29) is 17.8 Å². The van der Waals surface area contributed by atoms with Gasteiger partial charge in [-0.3, -0.25) is 4.79 Å². The number of benzene rings is 2. The first kappa shape index (κ1) is 19.2. The molecule has 144 valence electrons. The maximum absolute atomic E-state index is 13.2. The zero-order chi connectivity index (χ0) is 19.2. The van der Waals surface area contributed by atoms with E-state index in [9.17, 15) is 9.18 Å². The van der Waals surface area contributed by atoms with Gasteiger partial charge in [0, 0.05) is 36.3 Å². The number of ether oxygens (including phenoxy) is 1. The monoisotopic (exact) mass is 370 g/mol. The third-order valence-electron chi connectivity index (χ3n) is 5.00. The number of rotatable bonds is 9. The summed E-state index contributed by atoms with van der Waals surface area (Å²) in [6, 6.07) is 15.1. The molecule has 0 saturated heterocycles. The maximum atomic E-state index is 13.2. The van der Waals surface area contributed by atoms with Gasteiger partial charge in [0.2, 0.25) is 5.91 Å². The van der Waals surface area contributed by atoms with Crippen LogP contribution in [0, 0.1) is 5.82 Å². The average Bonchev–Trinajstić information content (AvgIpc) is 3.51. The summed E-state index contributed by atoms with van der Waals surface area (Å²) in [4.78, 5) is 14.6. The molecule has 0 aromatic heterocycles. The highest BCUT2D eigenvalue weighted by Crippen LogP contribution is 2.34. The molecule has 0 radical (unpaired) electrons. The molecular weight excluding hydrogens is 343 g/mol. The SMILES string of the molecule is COc1ccccc1CNC(=O)CCC(C)N(c1ccc(F)cc1)C1CC1. The number of methoxy groups -OCH3 is 1. The van der Waals surface area contributed by atoms with E-state index in [0.29, 0.717) is 19.0 Å². The molecule has 1 amide bonds. The molecule has 1 atom stereocenters. The van der Waals surface area contributed by atoms with Gasteiger partial charge >= 0.3 is 0 Å². The van der Waals surface area contributed by atoms with Crippen LogP contribution in [0.5, 0.6) is 5.75 Å². The van der Waals surface area contributed by atoms with Gasteiger partial charge in [0.1, 0.15) is 11.6 Å². The number of carbonyl (C=O) groups is 1. The van der Waals surface area contributed by atoms with E-state index in [1.54, 1.807) is 7.11 Å². The Morgan fingerprint density at radius 3 is 2.59 bits per heavy atom. The molecule has 5 heteroatoms. The van der Waals surface area contributed by atoms with Crippen LogP contribution in [0.1, 0.15) is 38.2 Å². The lowest BCUT2D eigenvalue weighted by atomic mass is 10.1. The van der Waals surface area contributed by atoms with E-state index in [0.717, 1.165) is 36.3 Å². The van der Waals surface area contributed by atoms with Crippen molar-refractivity contribution in [2.45, 2.75) is 51.2 Å². The van der Waals surface area contributed by atoms with E-state index in [1.807, 2.05) is 36.4 Å². The van der Waals surface area contributed by atoms with E-state index >= 15 is 0 Å². The Labute approximate surface area is 160 Å². The Kier molecular flexibility index (Phi) is 6.32. The minimum atomic E-state index is -0.224. The van der Waals surface area contributed by atoms with Crippen LogP contribution in [0.25, 0.3) is 0 Å². The topological polar surface area (TPSA) is 41.6 Å². The normalized spacial score (nSPS) is 14.5. The van der Waals surface area contributed by atoms with E-state index in [2.05, 4.69) is 17.1 Å². The summed E-state index contributed by atoms with van der Waals surface area (Å²) < 4.78 is 18.5. The highest BCUT2D eigenvalue weighted by Gasteiger charge is 2.32. The van der Waals surface area contributed by atoms with Crippen molar-refractivity contribution < 1.29 is 13.9 Å². The molecule has 2 aromatic rings. The Bertz CT molecular complexity index is 759. The fourth-order valence-corrected chi connectivity index (χ4v) is 3.40. The average molecular weight is 370 g/mol. The number of halogens is 1. The van der Waals surface area contributed by atoms with Gasteiger partial charge in [-0.25, -0.2) is 4.39 Å². The largest absolute Gasteiger partial charge is 0.496 e. The summed E-state index contributed by atoms with van der Waals surface area (Å²) in [5.74, 6) is 0.586. The number of nitrogens with zero attached hydrogens (tertiary/aromatic N) is 1. The predicted octanol–water partition coefficient (Wildman–Crippen LogP) is 4.29. The first-order valence-electron chi connectivity index (χ1n) is 9.51. The van der Waals surface area contributed by atoms with Gasteiger partial charge in [0.05, 0.1) is 7.11 Å². The van der Waals surface area contributed by atoms with Crippen LogP contribution >= 0.6 is 0 Å². The van der Waals surface area contributed by atoms with Gasteiger partial charge in [-0.2, -0.15) is 0 Å². The summed E-state index contributed by atoms with van der Waals surface area (Å²) in [5, 5.41) is 2.97. The Morgan fingerprint density at radius 2 is 1.93 bits per heavy atom. The number of para-hydroxylation sites is 1. The summed E-state index contributed by atoms with van der Waals surface area (Å²) in [6.07, 6.45) is 3.52. The predicted molar refractivity (Wildman–Crippen MR) is 105 cm³/mol. The Morgan fingerprint density at radius 1 is 1.22 bits per heavy atom. The molecule has 4 nitrogen and oxygen atoms in total. The van der Waals surface area contributed by atoms with Crippen molar-refractivity contribution >= 4 is 11.6 Å². The maximum Gasteiger partial charge on any atom is 0.220 e. The lowest BCUT2D eigenvalue weighted by Gasteiger charge is -2.31. The van der Waals surface area contributed by atoms with Crippen molar-refractivity contribution in [1.29, 1.82) is 0 Å². The lowest BCUT2D eigenvalue weighted by Crippen LogP contribution is -2.36. The van der Waals surface area contributed by atoms with E-state index < -0.39 is 0 Å². The summed E-state index contributed by atoms with van der Waals surface area (Å²) in [5.41, 5.74) is 1.99. The summed E-state index contributed by atoms with van der Waals surface area (Å²) in [7, 11) is 1.63. The van der Waals surface area contributed by atoms with Crippen molar-refractivity contribution in [3.8, 4) is 5.75 Å². The van der Waals surface area contributed by atoms with Gasteiger partial charge in [-0.05, 0) is 56.5 Å². The Balaban J connectivity index is 1.52. The van der Waals surface area contributed by atoms with Crippen LogP contribution in [0.4, 0.5) is 10.1 Å². The molecule has 1 N–H and O–H groups in total. The lowest BCUT2D eigenvalue weighted by molar-refractivity contribution is -0.121. The fourth-order valence-electron chi connectivity index (χ4n) is 3.40. The van der Waals surface area contributed by atoms with Crippen molar-refractivity contribution in [2.75, 3.05) is 12.0 Å². The van der Waals surface area contributed by atoms with Crippen molar-refractivity contribution in [3.63, 3.8) is 0 Å². The minimum Gasteiger partial charge on any atom is -0.496 e. The third kappa shape index (κ3) is 5.22. The second-order valence-corrected chi connectivity index (χ2v) is 7.09. The number of carbonyl (C=O) groups excluding carboxylic acids is 1. The van der Waals surface area contributed by atoms with Gasteiger partial charge in [-0.15, -0.1) is 0 Å². The number of hydrogen-bond acceptors (Lipinski definition) is 3. The minimum absolute atomic E-state index is 0.0302. The molecule has 0 aliphatic heterocycles. The molecule has 1 aliphatic rings. The number of nitrogens with one attached hydrogen (secondary N) is 1. The fraction of sp³-hybridized carbons (Fsp3) is 0.409. The number of hydrogen-bond donors (Lipinski definition) is 1. The molecular formula is C22H27FN2O2. The zero-order valence-corrected chi connectivity index (χ0v) is 16.0. The molecule has 1 saturated carbocycles.